The minimum absolute atomic E-state index is 0.332. The van der Waals surface area contributed by atoms with Gasteiger partial charge in [-0.15, -0.1) is 5.10 Å². The molecule has 0 aliphatic carbocycles. The van der Waals surface area contributed by atoms with Gasteiger partial charge in [-0.2, -0.15) is 0 Å². The number of carboxylic acids is 1. The Morgan fingerprint density at radius 2 is 2.15 bits per heavy atom. The molecule has 1 aliphatic heterocycles. The summed E-state index contributed by atoms with van der Waals surface area (Å²) in [4.78, 5) is 34.9. The van der Waals surface area contributed by atoms with E-state index in [0.29, 0.717) is 0 Å². The molecule has 1 aromatic rings. The number of carboxylic acid groups (broad SMARTS) is 1. The van der Waals surface area contributed by atoms with Crippen LogP contribution in [0.3, 0.4) is 0 Å². The highest BCUT2D eigenvalue weighted by Crippen LogP contribution is 2.39. The van der Waals surface area contributed by atoms with E-state index in [1.54, 1.807) is 0 Å². The van der Waals surface area contributed by atoms with Gasteiger partial charge in [-0.3, -0.25) is 14.1 Å². The molecule has 1 fully saturated rings. The van der Waals surface area contributed by atoms with Crippen molar-refractivity contribution >= 4 is 19.6 Å². The molecule has 7 N–H and O–H groups in total. The van der Waals surface area contributed by atoms with Gasteiger partial charge in [0, 0.05) is 0 Å². The predicted octanol–water partition coefficient (Wildman–Crippen LogP) is -2.82. The number of hydrogen-bond acceptors (Lipinski definition) is 9. The molecule has 1 aromatic heterocycles. The van der Waals surface area contributed by atoms with Gasteiger partial charge >= 0.3 is 13.7 Å². The number of carbonyl (C=O) groups excluding carboxylic acids is 1. The molecule has 15 heteroatoms. The molecule has 0 saturated carbocycles. The van der Waals surface area contributed by atoms with Crippen LogP contribution in [0.1, 0.15) is 23.8 Å². The van der Waals surface area contributed by atoms with Gasteiger partial charge < -0.3 is 30.7 Å². The molecule has 1 saturated heterocycles. The Balaban J connectivity index is 1.99. The largest absolute Gasteiger partial charge is 0.480 e. The first-order valence-corrected chi connectivity index (χ1v) is 8.80. The van der Waals surface area contributed by atoms with Crippen LogP contribution in [0.5, 0.6) is 0 Å². The molecule has 1 unspecified atom stereocenters. The molecule has 1 aliphatic rings. The molecule has 0 bridgehead atoms. The standard InChI is InChI=1S/C11H18N5O9P/c1-4(11(20)21)15-26(22,23)24-2-5-6(17)7(18)10(25-5)16-3-13-9(14-16)8(12)19/h3-7,10,17-18H,2H2,1H3,(H2,12,19)(H,20,21)(H2,15,22,23)/t4-,5+,6+,7+,10+/m0/s1. The van der Waals surface area contributed by atoms with Gasteiger partial charge in [0.2, 0.25) is 5.82 Å². The van der Waals surface area contributed by atoms with E-state index >= 15 is 0 Å². The minimum atomic E-state index is -4.50. The van der Waals surface area contributed by atoms with Gasteiger partial charge in [0.05, 0.1) is 6.61 Å². The molecule has 26 heavy (non-hydrogen) atoms. The van der Waals surface area contributed by atoms with E-state index < -0.39 is 56.8 Å². The first-order valence-electron chi connectivity index (χ1n) is 7.22. The van der Waals surface area contributed by atoms with Crippen LogP contribution in [0.2, 0.25) is 0 Å². The first-order chi connectivity index (χ1) is 12.0. The monoisotopic (exact) mass is 395 g/mol. The lowest BCUT2D eigenvalue weighted by Crippen LogP contribution is -2.35. The van der Waals surface area contributed by atoms with E-state index in [4.69, 9.17) is 20.1 Å². The van der Waals surface area contributed by atoms with Gasteiger partial charge in [0.15, 0.2) is 6.23 Å². The van der Waals surface area contributed by atoms with Crippen molar-refractivity contribution in [2.75, 3.05) is 6.61 Å². The van der Waals surface area contributed by atoms with Crippen LogP contribution in [0.4, 0.5) is 0 Å². The number of carbonyl (C=O) groups is 2. The molecule has 0 radical (unpaired) electrons. The highest BCUT2D eigenvalue weighted by molar-refractivity contribution is 7.50. The zero-order valence-electron chi connectivity index (χ0n) is 13.4. The number of aliphatic hydroxyl groups is 2. The average molecular weight is 395 g/mol. The lowest BCUT2D eigenvalue weighted by molar-refractivity contribution is -0.138. The van der Waals surface area contributed by atoms with Crippen molar-refractivity contribution in [1.82, 2.24) is 19.9 Å². The number of nitrogens with zero attached hydrogens (tertiary/aromatic N) is 3. The van der Waals surface area contributed by atoms with Crippen molar-refractivity contribution in [1.29, 1.82) is 0 Å². The summed E-state index contributed by atoms with van der Waals surface area (Å²) in [6.45, 7) is 0.496. The van der Waals surface area contributed by atoms with Crippen LogP contribution in [-0.2, 0) is 18.6 Å². The maximum absolute atomic E-state index is 11.8. The van der Waals surface area contributed by atoms with Crippen LogP contribution < -0.4 is 10.8 Å². The second kappa shape index (κ2) is 7.75. The molecule has 14 nitrogen and oxygen atoms in total. The quantitative estimate of drug-likeness (QED) is 0.245. The molecule has 146 valence electrons. The fourth-order valence-electron chi connectivity index (χ4n) is 2.11. The van der Waals surface area contributed by atoms with E-state index in [-0.39, 0.29) is 5.82 Å². The van der Waals surface area contributed by atoms with Crippen LogP contribution >= 0.6 is 7.75 Å². The highest BCUT2D eigenvalue weighted by atomic mass is 31.2. The fraction of sp³-hybridized carbons (Fsp3) is 0.636. The smallest absolute Gasteiger partial charge is 0.403 e. The molecule has 1 amide bonds. The molecular formula is C11H18N5O9P. The summed E-state index contributed by atoms with van der Waals surface area (Å²) in [5.41, 5.74) is 5.01. The summed E-state index contributed by atoms with van der Waals surface area (Å²) in [6, 6.07) is -1.36. The Bertz CT molecular complexity index is 727. The van der Waals surface area contributed by atoms with Gasteiger partial charge in [-0.1, -0.05) is 0 Å². The third-order valence-electron chi connectivity index (χ3n) is 3.47. The Kier molecular flexibility index (Phi) is 6.08. The number of aliphatic hydroxyl groups excluding tert-OH is 2. The summed E-state index contributed by atoms with van der Waals surface area (Å²) in [5.74, 6) is -2.61. The van der Waals surface area contributed by atoms with Crippen molar-refractivity contribution in [2.24, 2.45) is 5.73 Å². The predicted molar refractivity (Wildman–Crippen MR) is 80.5 cm³/mol. The summed E-state index contributed by atoms with van der Waals surface area (Å²) in [7, 11) is -4.50. The van der Waals surface area contributed by atoms with E-state index in [1.807, 2.05) is 5.09 Å². The molecule has 6 atom stereocenters. The summed E-state index contributed by atoms with van der Waals surface area (Å²) >= 11 is 0. The second-order valence-corrected chi connectivity index (χ2v) is 7.02. The SMILES string of the molecule is C[C@H](NP(=O)(O)OC[C@H]1O[C@@H](n2cnc(C(N)=O)n2)[C@H](O)[C@@H]1O)C(=O)O. The summed E-state index contributed by atoms with van der Waals surface area (Å²) in [6.07, 6.45) is -4.45. The van der Waals surface area contributed by atoms with Crippen LogP contribution in [0.15, 0.2) is 6.33 Å². The third kappa shape index (κ3) is 4.62. The van der Waals surface area contributed by atoms with Gasteiger partial charge in [-0.05, 0) is 6.92 Å². The highest BCUT2D eigenvalue weighted by Gasteiger charge is 2.45. The van der Waals surface area contributed by atoms with Gasteiger partial charge in [0.25, 0.3) is 5.91 Å². The van der Waals surface area contributed by atoms with Crippen molar-refractivity contribution in [2.45, 2.75) is 37.5 Å². The van der Waals surface area contributed by atoms with Crippen LogP contribution in [-0.4, -0.2) is 77.8 Å². The average Bonchev–Trinajstić information content (AvgIpc) is 3.12. The number of aromatic nitrogens is 3. The summed E-state index contributed by atoms with van der Waals surface area (Å²) in [5, 5.41) is 34.3. The minimum Gasteiger partial charge on any atom is -0.480 e. The number of ether oxygens (including phenoxy) is 1. The second-order valence-electron chi connectivity index (χ2n) is 5.46. The lowest BCUT2D eigenvalue weighted by Gasteiger charge is -2.19. The third-order valence-corrected chi connectivity index (χ3v) is 4.68. The van der Waals surface area contributed by atoms with Crippen LogP contribution in [0, 0.1) is 0 Å². The molecule has 2 rings (SSSR count). The fourth-order valence-corrected chi connectivity index (χ4v) is 3.13. The Hall–Kier alpha value is -1.93. The van der Waals surface area contributed by atoms with Gasteiger partial charge in [0.1, 0.15) is 30.7 Å². The number of hydrogen-bond donors (Lipinski definition) is 6. The molecular weight excluding hydrogens is 377 g/mol. The number of primary amides is 1. The first kappa shape index (κ1) is 20.4. The zero-order valence-corrected chi connectivity index (χ0v) is 14.3. The Morgan fingerprint density at radius 3 is 2.69 bits per heavy atom. The van der Waals surface area contributed by atoms with Gasteiger partial charge in [-0.25, -0.2) is 19.3 Å². The lowest BCUT2D eigenvalue weighted by atomic mass is 10.1. The summed E-state index contributed by atoms with van der Waals surface area (Å²) < 4.78 is 22.8. The Morgan fingerprint density at radius 1 is 1.50 bits per heavy atom. The topological polar surface area (TPSA) is 219 Å². The number of nitrogens with one attached hydrogen (secondary N) is 1. The van der Waals surface area contributed by atoms with E-state index in [9.17, 15) is 29.3 Å². The maximum Gasteiger partial charge on any atom is 0.403 e. The van der Waals surface area contributed by atoms with Crippen LogP contribution in [0.25, 0.3) is 0 Å². The Labute approximate surface area is 146 Å². The number of rotatable bonds is 8. The van der Waals surface area contributed by atoms with Crippen molar-refractivity contribution < 1.29 is 43.6 Å². The normalized spacial score (nSPS) is 29.2. The van der Waals surface area contributed by atoms with Crippen molar-refractivity contribution in [3.8, 4) is 0 Å². The maximum atomic E-state index is 11.8. The van der Waals surface area contributed by atoms with E-state index in [0.717, 1.165) is 17.9 Å². The number of aliphatic carboxylic acids is 1. The van der Waals surface area contributed by atoms with Crippen molar-refractivity contribution in [3.63, 3.8) is 0 Å². The zero-order chi connectivity index (χ0) is 19.6. The number of nitrogens with two attached hydrogens (primary N) is 1. The van der Waals surface area contributed by atoms with E-state index in [1.165, 1.54) is 0 Å². The molecule has 2 heterocycles. The van der Waals surface area contributed by atoms with E-state index in [2.05, 4.69) is 10.1 Å². The molecule has 0 spiro atoms. The number of amides is 1. The van der Waals surface area contributed by atoms with Crippen molar-refractivity contribution in [3.05, 3.63) is 12.2 Å². The molecule has 0 aromatic carbocycles.